The zero-order valence-electron chi connectivity index (χ0n) is 25.3. The topological polar surface area (TPSA) is 131 Å². The summed E-state index contributed by atoms with van der Waals surface area (Å²) < 4.78 is 17.3. The lowest BCUT2D eigenvalue weighted by molar-refractivity contribution is -0.0222. The number of carbonyl (C=O) groups is 2. The zero-order chi connectivity index (χ0) is 30.9. The second kappa shape index (κ2) is 11.5. The van der Waals surface area contributed by atoms with E-state index in [1.807, 2.05) is 39.0 Å². The molecular weight excluding hydrogens is 548 g/mol. The number of amides is 2. The summed E-state index contributed by atoms with van der Waals surface area (Å²) in [6.45, 7) is 11.7. The van der Waals surface area contributed by atoms with Gasteiger partial charge in [0.25, 0.3) is 0 Å². The highest BCUT2D eigenvalue weighted by molar-refractivity contribution is 5.94. The minimum Gasteiger partial charge on any atom is -0.485 e. The molecule has 2 fully saturated rings. The van der Waals surface area contributed by atoms with Crippen molar-refractivity contribution in [2.75, 3.05) is 18.0 Å². The van der Waals surface area contributed by atoms with Crippen molar-refractivity contribution in [3.8, 4) is 23.1 Å². The number of hydrogen-bond donors (Lipinski definition) is 0. The Morgan fingerprint density at radius 3 is 2.35 bits per heavy atom. The predicted molar refractivity (Wildman–Crippen MR) is 159 cm³/mol. The molecule has 2 aliphatic rings. The van der Waals surface area contributed by atoms with Gasteiger partial charge in [-0.05, 0) is 96.2 Å². The number of ether oxygens (including phenoxy) is 3. The Morgan fingerprint density at radius 2 is 1.70 bits per heavy atom. The van der Waals surface area contributed by atoms with Gasteiger partial charge >= 0.3 is 12.2 Å². The standard InChI is InChI=1S/C32H36N6O5/c1-31(2,3)42-29(39)37-18-25(19-37)41-24-12-23(16-34-17-24)26-13-22(21-7-8-21)14-28(36-26)38(30(40)43-32(4,5)6)27-11-20(15-33)9-10-35-27/h9-14,16-17,21,25H,7-8,18-19H2,1-6H3. The maximum Gasteiger partial charge on any atom is 0.421 e. The highest BCUT2D eigenvalue weighted by Gasteiger charge is 2.35. The molecular formula is C32H36N6O5. The molecule has 0 bridgehead atoms. The van der Waals surface area contributed by atoms with Crippen LogP contribution in [-0.2, 0) is 9.47 Å². The van der Waals surface area contributed by atoms with Crippen LogP contribution in [0.3, 0.4) is 0 Å². The van der Waals surface area contributed by atoms with Crippen LogP contribution < -0.4 is 9.64 Å². The van der Waals surface area contributed by atoms with Crippen LogP contribution in [0.15, 0.2) is 48.9 Å². The van der Waals surface area contributed by atoms with E-state index in [-0.39, 0.29) is 18.0 Å². The fraction of sp³-hybridized carbons (Fsp3) is 0.438. The Labute approximate surface area is 251 Å². The molecule has 1 aliphatic carbocycles. The van der Waals surface area contributed by atoms with Crippen molar-refractivity contribution in [2.45, 2.75) is 77.6 Å². The van der Waals surface area contributed by atoms with Gasteiger partial charge in [-0.1, -0.05) is 0 Å². The van der Waals surface area contributed by atoms with E-state index >= 15 is 0 Å². The van der Waals surface area contributed by atoms with E-state index in [4.69, 9.17) is 19.2 Å². The molecule has 1 aliphatic heterocycles. The third-order valence-electron chi connectivity index (χ3n) is 6.60. The number of anilines is 2. The van der Waals surface area contributed by atoms with Gasteiger partial charge in [0.15, 0.2) is 0 Å². The summed E-state index contributed by atoms with van der Waals surface area (Å²) in [5, 5.41) is 9.48. The average Bonchev–Trinajstić information content (AvgIpc) is 3.74. The highest BCUT2D eigenvalue weighted by atomic mass is 16.6. The molecule has 224 valence electrons. The van der Waals surface area contributed by atoms with Crippen LogP contribution in [0, 0.1) is 11.3 Å². The Kier molecular flexibility index (Phi) is 7.97. The lowest BCUT2D eigenvalue weighted by Crippen LogP contribution is -2.57. The van der Waals surface area contributed by atoms with Crippen LogP contribution in [-0.4, -0.2) is 62.4 Å². The smallest absolute Gasteiger partial charge is 0.421 e. The molecule has 3 aromatic rings. The molecule has 0 aromatic carbocycles. The van der Waals surface area contributed by atoms with Crippen molar-refractivity contribution in [1.29, 1.82) is 5.26 Å². The normalized spacial score (nSPS) is 15.2. The summed E-state index contributed by atoms with van der Waals surface area (Å²) in [4.78, 5) is 42.3. The summed E-state index contributed by atoms with van der Waals surface area (Å²) >= 11 is 0. The lowest BCUT2D eigenvalue weighted by atomic mass is 10.1. The van der Waals surface area contributed by atoms with Crippen molar-refractivity contribution in [2.24, 2.45) is 0 Å². The van der Waals surface area contributed by atoms with E-state index in [2.05, 4.69) is 16.0 Å². The molecule has 11 nitrogen and oxygen atoms in total. The second-order valence-electron chi connectivity index (χ2n) is 12.8. The molecule has 1 saturated carbocycles. The third kappa shape index (κ3) is 7.57. The van der Waals surface area contributed by atoms with Crippen LogP contribution in [0.5, 0.6) is 5.75 Å². The molecule has 2 amide bonds. The van der Waals surface area contributed by atoms with Gasteiger partial charge in [-0.2, -0.15) is 5.26 Å². The molecule has 11 heteroatoms. The number of likely N-dealkylation sites (tertiary alicyclic amines) is 1. The maximum absolute atomic E-state index is 13.5. The third-order valence-corrected chi connectivity index (χ3v) is 6.60. The van der Waals surface area contributed by atoms with E-state index in [1.54, 1.807) is 44.1 Å². The summed E-state index contributed by atoms with van der Waals surface area (Å²) in [6, 6.07) is 10.9. The minimum atomic E-state index is -0.769. The van der Waals surface area contributed by atoms with Crippen LogP contribution in [0.25, 0.3) is 11.3 Å². The number of nitriles is 1. The molecule has 0 radical (unpaired) electrons. The van der Waals surface area contributed by atoms with Crippen molar-refractivity contribution in [3.63, 3.8) is 0 Å². The first-order valence-electron chi connectivity index (χ1n) is 14.3. The first-order chi connectivity index (χ1) is 20.3. The summed E-state index contributed by atoms with van der Waals surface area (Å²) in [5.41, 5.74) is 1.36. The van der Waals surface area contributed by atoms with Gasteiger partial charge in [0, 0.05) is 18.0 Å². The number of carbonyl (C=O) groups excluding carboxylic acids is 2. The molecule has 0 atom stereocenters. The molecule has 4 heterocycles. The molecule has 3 aromatic heterocycles. The molecule has 5 rings (SSSR count). The van der Waals surface area contributed by atoms with E-state index < -0.39 is 17.3 Å². The highest BCUT2D eigenvalue weighted by Crippen LogP contribution is 2.43. The van der Waals surface area contributed by atoms with Gasteiger partial charge in [0.05, 0.1) is 36.6 Å². The minimum absolute atomic E-state index is 0.188. The quantitative estimate of drug-likeness (QED) is 0.325. The maximum atomic E-state index is 13.5. The zero-order valence-corrected chi connectivity index (χ0v) is 25.3. The SMILES string of the molecule is CC(C)(C)OC(=O)N1CC(Oc2cncc(-c3cc(C4CC4)cc(N(C(=O)OC(C)(C)C)c4cc(C#N)ccn4)n3)c2)C1. The van der Waals surface area contributed by atoms with Gasteiger partial charge in [-0.3, -0.25) is 4.98 Å². The number of aromatic nitrogens is 3. The Bertz CT molecular complexity index is 1560. The largest absolute Gasteiger partial charge is 0.485 e. The molecule has 0 unspecified atom stereocenters. The van der Waals surface area contributed by atoms with Crippen molar-refractivity contribution in [1.82, 2.24) is 19.9 Å². The van der Waals surface area contributed by atoms with Gasteiger partial charge in [-0.25, -0.2) is 24.5 Å². The molecule has 0 spiro atoms. The fourth-order valence-corrected chi connectivity index (χ4v) is 4.48. The Hall–Kier alpha value is -4.72. The summed E-state index contributed by atoms with van der Waals surface area (Å²) in [6.07, 6.45) is 5.65. The van der Waals surface area contributed by atoms with Gasteiger partial charge in [0.1, 0.15) is 34.7 Å². The number of hydrogen-bond acceptors (Lipinski definition) is 9. The Morgan fingerprint density at radius 1 is 0.977 bits per heavy atom. The second-order valence-corrected chi connectivity index (χ2v) is 12.8. The summed E-state index contributed by atoms with van der Waals surface area (Å²) in [7, 11) is 0. The number of rotatable bonds is 6. The van der Waals surface area contributed by atoms with E-state index in [0.29, 0.717) is 47.4 Å². The first kappa shape index (κ1) is 29.8. The monoisotopic (exact) mass is 584 g/mol. The van der Waals surface area contributed by atoms with Gasteiger partial charge in [-0.15, -0.1) is 0 Å². The molecule has 43 heavy (non-hydrogen) atoms. The fourth-order valence-electron chi connectivity index (χ4n) is 4.48. The van der Waals surface area contributed by atoms with Crippen molar-refractivity contribution in [3.05, 3.63) is 60.0 Å². The van der Waals surface area contributed by atoms with Gasteiger partial charge in [0.2, 0.25) is 0 Å². The van der Waals surface area contributed by atoms with Crippen molar-refractivity contribution >= 4 is 23.8 Å². The van der Waals surface area contributed by atoms with Crippen LogP contribution in [0.1, 0.15) is 71.4 Å². The number of nitrogens with zero attached hydrogens (tertiary/aromatic N) is 6. The molecule has 0 N–H and O–H groups in total. The first-order valence-corrected chi connectivity index (χ1v) is 14.3. The van der Waals surface area contributed by atoms with Crippen LogP contribution in [0.4, 0.5) is 21.2 Å². The van der Waals surface area contributed by atoms with Crippen molar-refractivity contribution < 1.29 is 23.8 Å². The Balaban J connectivity index is 1.43. The van der Waals surface area contributed by atoms with Gasteiger partial charge < -0.3 is 19.1 Å². The lowest BCUT2D eigenvalue weighted by Gasteiger charge is -2.39. The molecule has 1 saturated heterocycles. The summed E-state index contributed by atoms with van der Waals surface area (Å²) in [5.74, 6) is 1.45. The van der Waals surface area contributed by atoms with E-state index in [9.17, 15) is 14.9 Å². The van der Waals surface area contributed by atoms with E-state index in [0.717, 1.165) is 18.4 Å². The van der Waals surface area contributed by atoms with Crippen LogP contribution >= 0.6 is 0 Å². The average molecular weight is 585 g/mol. The van der Waals surface area contributed by atoms with Crippen LogP contribution in [0.2, 0.25) is 0 Å². The van der Waals surface area contributed by atoms with E-state index in [1.165, 1.54) is 17.2 Å². The predicted octanol–water partition coefficient (Wildman–Crippen LogP) is 6.36. The number of pyridine rings is 3.